The summed E-state index contributed by atoms with van der Waals surface area (Å²) in [6.45, 7) is 3.98. The number of nitrogens with one attached hydrogen (secondary N) is 1. The molecule has 8 heteroatoms. The zero-order valence-electron chi connectivity index (χ0n) is 13.7. The number of hydrogen-bond donors (Lipinski definition) is 1. The lowest BCUT2D eigenvalue weighted by Crippen LogP contribution is -2.14. The molecule has 0 radical (unpaired) electrons. The summed E-state index contributed by atoms with van der Waals surface area (Å²) in [5, 5.41) is 22.8. The lowest BCUT2D eigenvalue weighted by Gasteiger charge is -2.06. The highest BCUT2D eigenvalue weighted by molar-refractivity contribution is 8.00. The summed E-state index contributed by atoms with van der Waals surface area (Å²) >= 11 is 2.61. The topological polar surface area (TPSA) is 91.6 Å². The summed E-state index contributed by atoms with van der Waals surface area (Å²) in [5.74, 6) is -0.0427. The second-order valence-electron chi connectivity index (χ2n) is 5.34. The van der Waals surface area contributed by atoms with Crippen LogP contribution in [-0.2, 0) is 11.2 Å². The number of pyridine rings is 1. The molecule has 0 atom stereocenters. The Morgan fingerprint density at radius 3 is 2.92 bits per heavy atom. The number of thioether (sulfide) groups is 1. The zero-order chi connectivity index (χ0) is 17.8. The number of rotatable bonds is 5. The standard InChI is InChI=1S/C17H15N5OS2/c1-3-15-21-22-17(25-15)20-14(23)9-24-16-12(8-18)7-11-5-4-10(2)6-13(11)19-16/h4-7H,3,9H2,1-2H3,(H,20,22,23). The summed E-state index contributed by atoms with van der Waals surface area (Å²) in [6.07, 6.45) is 0.786. The molecule has 0 saturated heterocycles. The van der Waals surface area contributed by atoms with Gasteiger partial charge in [0, 0.05) is 5.39 Å². The van der Waals surface area contributed by atoms with Gasteiger partial charge in [-0.05, 0) is 31.0 Å². The lowest BCUT2D eigenvalue weighted by molar-refractivity contribution is -0.113. The number of amides is 1. The highest BCUT2D eigenvalue weighted by atomic mass is 32.2. The normalized spacial score (nSPS) is 10.6. The molecule has 1 N–H and O–H groups in total. The fourth-order valence-electron chi connectivity index (χ4n) is 2.19. The molecule has 0 saturated carbocycles. The maximum Gasteiger partial charge on any atom is 0.236 e. The highest BCUT2D eigenvalue weighted by Gasteiger charge is 2.12. The van der Waals surface area contributed by atoms with Gasteiger partial charge in [0.05, 0.1) is 16.8 Å². The predicted octanol–water partition coefficient (Wildman–Crippen LogP) is 3.56. The molecule has 0 bridgehead atoms. The third kappa shape index (κ3) is 4.13. The van der Waals surface area contributed by atoms with Crippen LogP contribution < -0.4 is 5.32 Å². The minimum atomic E-state index is -0.196. The van der Waals surface area contributed by atoms with Crippen molar-refractivity contribution in [1.29, 1.82) is 5.26 Å². The number of carbonyl (C=O) groups is 1. The third-order valence-corrected chi connectivity index (χ3v) is 5.39. The minimum Gasteiger partial charge on any atom is -0.300 e. The molecule has 0 spiro atoms. The maximum atomic E-state index is 12.1. The van der Waals surface area contributed by atoms with Crippen LogP contribution in [0.4, 0.5) is 5.13 Å². The van der Waals surface area contributed by atoms with E-state index in [1.54, 1.807) is 6.07 Å². The molecule has 3 rings (SSSR count). The second kappa shape index (κ2) is 7.59. The van der Waals surface area contributed by atoms with Crippen LogP contribution in [0.1, 0.15) is 23.1 Å². The van der Waals surface area contributed by atoms with Crippen LogP contribution in [0.2, 0.25) is 0 Å². The summed E-state index contributed by atoms with van der Waals surface area (Å²) in [4.78, 5) is 16.6. The van der Waals surface area contributed by atoms with Gasteiger partial charge in [0.15, 0.2) is 0 Å². The Kier molecular flexibility index (Phi) is 5.26. The van der Waals surface area contributed by atoms with Crippen LogP contribution >= 0.6 is 23.1 Å². The first kappa shape index (κ1) is 17.3. The van der Waals surface area contributed by atoms with E-state index in [1.165, 1.54) is 23.1 Å². The van der Waals surface area contributed by atoms with Crippen molar-refractivity contribution in [3.63, 3.8) is 0 Å². The number of aromatic nitrogens is 3. The maximum absolute atomic E-state index is 12.1. The van der Waals surface area contributed by atoms with Crippen molar-refractivity contribution in [2.75, 3.05) is 11.1 Å². The number of aryl methyl sites for hydroxylation is 2. The quantitative estimate of drug-likeness (QED) is 0.692. The zero-order valence-corrected chi connectivity index (χ0v) is 15.4. The average Bonchev–Trinajstić information content (AvgIpc) is 3.06. The molecule has 3 aromatic rings. The van der Waals surface area contributed by atoms with Gasteiger partial charge in [-0.1, -0.05) is 42.2 Å². The first-order chi connectivity index (χ1) is 12.1. The third-order valence-electron chi connectivity index (χ3n) is 3.41. The number of benzene rings is 1. The van der Waals surface area contributed by atoms with Crippen molar-refractivity contribution in [3.8, 4) is 6.07 Å². The van der Waals surface area contributed by atoms with E-state index in [4.69, 9.17) is 0 Å². The van der Waals surface area contributed by atoms with E-state index < -0.39 is 0 Å². The fraction of sp³-hybridized carbons (Fsp3) is 0.235. The van der Waals surface area contributed by atoms with Gasteiger partial charge in [-0.25, -0.2) is 4.98 Å². The van der Waals surface area contributed by atoms with Crippen molar-refractivity contribution in [3.05, 3.63) is 40.4 Å². The Balaban J connectivity index is 1.73. The van der Waals surface area contributed by atoms with Crippen LogP contribution in [-0.4, -0.2) is 26.8 Å². The van der Waals surface area contributed by atoms with Crippen LogP contribution in [0, 0.1) is 18.3 Å². The smallest absolute Gasteiger partial charge is 0.236 e. The fourth-order valence-corrected chi connectivity index (χ4v) is 3.64. The number of carbonyl (C=O) groups excluding carboxylic acids is 1. The molecular weight excluding hydrogens is 354 g/mol. The Morgan fingerprint density at radius 2 is 2.20 bits per heavy atom. The van der Waals surface area contributed by atoms with Gasteiger partial charge in [-0.2, -0.15) is 5.26 Å². The second-order valence-corrected chi connectivity index (χ2v) is 7.37. The molecule has 1 amide bonds. The van der Waals surface area contributed by atoms with Gasteiger partial charge in [0.2, 0.25) is 11.0 Å². The molecule has 0 aliphatic rings. The van der Waals surface area contributed by atoms with E-state index in [2.05, 4.69) is 26.6 Å². The van der Waals surface area contributed by atoms with Crippen molar-refractivity contribution in [2.24, 2.45) is 0 Å². The van der Waals surface area contributed by atoms with Crippen LogP contribution in [0.25, 0.3) is 10.9 Å². The molecule has 0 unspecified atom stereocenters. The Morgan fingerprint density at radius 1 is 1.36 bits per heavy atom. The summed E-state index contributed by atoms with van der Waals surface area (Å²) in [6, 6.07) is 9.85. The molecule has 25 heavy (non-hydrogen) atoms. The predicted molar refractivity (Wildman–Crippen MR) is 99.8 cm³/mol. The van der Waals surface area contributed by atoms with Crippen LogP contribution in [0.5, 0.6) is 0 Å². The Hall–Kier alpha value is -2.50. The van der Waals surface area contributed by atoms with E-state index in [-0.39, 0.29) is 11.7 Å². The lowest BCUT2D eigenvalue weighted by atomic mass is 10.1. The number of nitrogens with zero attached hydrogens (tertiary/aromatic N) is 4. The Labute approximate surface area is 153 Å². The number of nitriles is 1. The number of hydrogen-bond acceptors (Lipinski definition) is 7. The molecule has 126 valence electrons. The van der Waals surface area contributed by atoms with Crippen molar-refractivity contribution in [1.82, 2.24) is 15.2 Å². The molecule has 6 nitrogen and oxygen atoms in total. The largest absolute Gasteiger partial charge is 0.300 e. The van der Waals surface area contributed by atoms with Gasteiger partial charge >= 0.3 is 0 Å². The summed E-state index contributed by atoms with van der Waals surface area (Å²) < 4.78 is 0. The first-order valence-electron chi connectivity index (χ1n) is 7.65. The van der Waals surface area contributed by atoms with E-state index in [0.29, 0.717) is 15.7 Å². The molecule has 0 aliphatic carbocycles. The number of anilines is 1. The van der Waals surface area contributed by atoms with Crippen molar-refractivity contribution >= 4 is 45.0 Å². The summed E-state index contributed by atoms with van der Waals surface area (Å²) in [5.41, 5.74) is 2.39. The van der Waals surface area contributed by atoms with Crippen molar-refractivity contribution in [2.45, 2.75) is 25.3 Å². The van der Waals surface area contributed by atoms with Gasteiger partial charge in [0.25, 0.3) is 0 Å². The van der Waals surface area contributed by atoms with Gasteiger partial charge in [-0.3, -0.25) is 10.1 Å². The van der Waals surface area contributed by atoms with E-state index >= 15 is 0 Å². The molecule has 0 aliphatic heterocycles. The van der Waals surface area contributed by atoms with Crippen LogP contribution in [0.3, 0.4) is 0 Å². The minimum absolute atomic E-state index is 0.153. The summed E-state index contributed by atoms with van der Waals surface area (Å²) in [7, 11) is 0. The van der Waals surface area contributed by atoms with Crippen LogP contribution in [0.15, 0.2) is 29.3 Å². The van der Waals surface area contributed by atoms with E-state index in [1.807, 2.05) is 32.0 Å². The average molecular weight is 369 g/mol. The molecule has 2 heterocycles. The van der Waals surface area contributed by atoms with Crippen molar-refractivity contribution < 1.29 is 4.79 Å². The molecule has 1 aromatic carbocycles. The monoisotopic (exact) mass is 369 g/mol. The molecule has 0 fully saturated rings. The molecule has 2 aromatic heterocycles. The van der Waals surface area contributed by atoms with E-state index in [9.17, 15) is 10.1 Å². The van der Waals surface area contributed by atoms with Gasteiger partial charge in [-0.15, -0.1) is 10.2 Å². The Bertz CT molecular complexity index is 977. The van der Waals surface area contributed by atoms with Gasteiger partial charge < -0.3 is 0 Å². The SMILES string of the molecule is CCc1nnc(NC(=O)CSc2nc3cc(C)ccc3cc2C#N)s1. The first-order valence-corrected chi connectivity index (χ1v) is 9.45. The highest BCUT2D eigenvalue weighted by Crippen LogP contribution is 2.25. The van der Waals surface area contributed by atoms with E-state index in [0.717, 1.165) is 27.9 Å². The number of fused-ring (bicyclic) bond motifs is 1. The molecular formula is C17H15N5OS2. The van der Waals surface area contributed by atoms with Gasteiger partial charge in [0.1, 0.15) is 16.1 Å².